The smallest absolute Gasteiger partial charge is 0.332 e. The molecule has 2 aromatic rings. The van der Waals surface area contributed by atoms with Crippen molar-refractivity contribution in [1.29, 1.82) is 0 Å². The van der Waals surface area contributed by atoms with Crippen molar-refractivity contribution in [2.24, 2.45) is 0 Å². The third-order valence-electron chi connectivity index (χ3n) is 3.01. The minimum absolute atomic E-state index is 0.428. The van der Waals surface area contributed by atoms with Gasteiger partial charge in [-0.05, 0) is 36.2 Å². The van der Waals surface area contributed by atoms with Gasteiger partial charge < -0.3 is 9.84 Å². The van der Waals surface area contributed by atoms with Gasteiger partial charge in [-0.15, -0.1) is 11.8 Å². The van der Waals surface area contributed by atoms with Crippen LogP contribution in [-0.4, -0.2) is 29.5 Å². The molecule has 3 nitrogen and oxygen atoms in total. The van der Waals surface area contributed by atoms with Crippen molar-refractivity contribution < 1.29 is 14.6 Å². The molecule has 0 aromatic heterocycles. The number of carbonyl (C=O) groups is 1. The largest absolute Gasteiger partial charge is 0.479 e. The van der Waals surface area contributed by atoms with E-state index in [1.54, 1.807) is 11.8 Å². The van der Waals surface area contributed by atoms with E-state index in [1.807, 2.05) is 19.1 Å². The van der Waals surface area contributed by atoms with Crippen LogP contribution in [0.25, 0.3) is 10.8 Å². The van der Waals surface area contributed by atoms with E-state index < -0.39 is 12.1 Å². The maximum Gasteiger partial charge on any atom is 0.332 e. The maximum atomic E-state index is 11.0. The number of hydrogen-bond donors (Lipinski definition) is 1. The highest BCUT2D eigenvalue weighted by Gasteiger charge is 2.16. The van der Waals surface area contributed by atoms with Crippen LogP contribution in [-0.2, 0) is 9.53 Å². The SMILES string of the molecule is CCOC(CCSc1ccc2ccccc2c1)C(=O)O. The summed E-state index contributed by atoms with van der Waals surface area (Å²) in [5.41, 5.74) is 0. The standard InChI is InChI=1S/C16H18O3S/c1-2-19-15(16(17)18)9-10-20-14-8-7-12-5-3-4-6-13(12)11-14/h3-8,11,15H,2,9-10H2,1H3,(H,17,18). The zero-order valence-electron chi connectivity index (χ0n) is 11.4. The van der Waals surface area contributed by atoms with Crippen molar-refractivity contribution in [2.75, 3.05) is 12.4 Å². The van der Waals surface area contributed by atoms with Crippen LogP contribution in [0.2, 0.25) is 0 Å². The molecule has 2 aromatic carbocycles. The molecule has 20 heavy (non-hydrogen) atoms. The van der Waals surface area contributed by atoms with Crippen LogP contribution in [0.3, 0.4) is 0 Å². The van der Waals surface area contributed by atoms with Gasteiger partial charge in [-0.2, -0.15) is 0 Å². The molecular formula is C16H18O3S. The number of carboxylic acids is 1. The van der Waals surface area contributed by atoms with Crippen LogP contribution in [0, 0.1) is 0 Å². The molecule has 4 heteroatoms. The lowest BCUT2D eigenvalue weighted by atomic mass is 10.1. The molecule has 0 radical (unpaired) electrons. The van der Waals surface area contributed by atoms with Crippen molar-refractivity contribution in [1.82, 2.24) is 0 Å². The molecule has 106 valence electrons. The number of hydrogen-bond acceptors (Lipinski definition) is 3. The van der Waals surface area contributed by atoms with Crippen molar-refractivity contribution in [3.05, 3.63) is 42.5 Å². The third-order valence-corrected chi connectivity index (χ3v) is 4.04. The van der Waals surface area contributed by atoms with Gasteiger partial charge in [0.2, 0.25) is 0 Å². The third kappa shape index (κ3) is 3.99. The molecule has 0 amide bonds. The number of aliphatic carboxylic acids is 1. The van der Waals surface area contributed by atoms with Crippen LogP contribution in [0.15, 0.2) is 47.4 Å². The van der Waals surface area contributed by atoms with Crippen LogP contribution in [0.1, 0.15) is 13.3 Å². The fourth-order valence-corrected chi connectivity index (χ4v) is 2.96. The Kier molecular flexibility index (Phi) is 5.44. The van der Waals surface area contributed by atoms with Gasteiger partial charge in [0.05, 0.1) is 0 Å². The summed E-state index contributed by atoms with van der Waals surface area (Å²) in [6.07, 6.45) is -0.186. The predicted octanol–water partition coefficient (Wildman–Crippen LogP) is 3.81. The number of rotatable bonds is 7. The van der Waals surface area contributed by atoms with Gasteiger partial charge in [0.25, 0.3) is 0 Å². The minimum atomic E-state index is -0.883. The number of fused-ring (bicyclic) bond motifs is 1. The normalized spacial score (nSPS) is 12.4. The van der Waals surface area contributed by atoms with E-state index >= 15 is 0 Å². The topological polar surface area (TPSA) is 46.5 Å². The molecule has 0 saturated heterocycles. The lowest BCUT2D eigenvalue weighted by molar-refractivity contribution is -0.150. The Labute approximate surface area is 122 Å². The summed E-state index contributed by atoms with van der Waals surface area (Å²) in [7, 11) is 0. The second-order valence-corrected chi connectivity index (χ2v) is 5.60. The van der Waals surface area contributed by atoms with Crippen molar-refractivity contribution in [2.45, 2.75) is 24.3 Å². The van der Waals surface area contributed by atoms with Gasteiger partial charge in [0.15, 0.2) is 6.10 Å². The Hall–Kier alpha value is -1.52. The first-order chi connectivity index (χ1) is 9.70. The second-order valence-electron chi connectivity index (χ2n) is 4.43. The first-order valence-electron chi connectivity index (χ1n) is 6.66. The molecule has 1 N–H and O–H groups in total. The summed E-state index contributed by atoms with van der Waals surface area (Å²) in [5, 5.41) is 11.4. The monoisotopic (exact) mass is 290 g/mol. The Morgan fingerprint density at radius 2 is 2.00 bits per heavy atom. The molecule has 0 spiro atoms. The van der Waals surface area contributed by atoms with Crippen LogP contribution in [0.4, 0.5) is 0 Å². The molecule has 0 heterocycles. The summed E-state index contributed by atoms with van der Waals surface area (Å²) in [6, 6.07) is 14.5. The first-order valence-corrected chi connectivity index (χ1v) is 7.65. The maximum absolute atomic E-state index is 11.0. The lowest BCUT2D eigenvalue weighted by Gasteiger charge is -2.11. The Balaban J connectivity index is 1.93. The zero-order valence-corrected chi connectivity index (χ0v) is 12.2. The Bertz CT molecular complexity index is 583. The van der Waals surface area contributed by atoms with E-state index in [9.17, 15) is 4.79 Å². The quantitative estimate of drug-likeness (QED) is 0.788. The van der Waals surface area contributed by atoms with Crippen molar-refractivity contribution in [3.8, 4) is 0 Å². The van der Waals surface area contributed by atoms with Crippen molar-refractivity contribution in [3.63, 3.8) is 0 Å². The highest BCUT2D eigenvalue weighted by molar-refractivity contribution is 7.99. The van der Waals surface area contributed by atoms with Gasteiger partial charge in [-0.3, -0.25) is 0 Å². The van der Waals surface area contributed by atoms with Gasteiger partial charge in [0, 0.05) is 17.3 Å². The molecular weight excluding hydrogens is 272 g/mol. The fourth-order valence-electron chi connectivity index (χ4n) is 2.02. The molecule has 0 aliphatic carbocycles. The first kappa shape index (κ1) is 14.9. The summed E-state index contributed by atoms with van der Waals surface area (Å²) >= 11 is 1.66. The number of thioether (sulfide) groups is 1. The second kappa shape index (κ2) is 7.31. The predicted molar refractivity (Wildman–Crippen MR) is 82.3 cm³/mol. The fraction of sp³-hybridized carbons (Fsp3) is 0.312. The summed E-state index contributed by atoms with van der Waals surface area (Å²) in [5.74, 6) is -0.152. The number of benzene rings is 2. The Morgan fingerprint density at radius 1 is 1.25 bits per heavy atom. The average molecular weight is 290 g/mol. The highest BCUT2D eigenvalue weighted by atomic mass is 32.2. The van der Waals surface area contributed by atoms with Crippen LogP contribution >= 0.6 is 11.8 Å². The minimum Gasteiger partial charge on any atom is -0.479 e. The summed E-state index contributed by atoms with van der Waals surface area (Å²) in [6.45, 7) is 2.24. The zero-order chi connectivity index (χ0) is 14.4. The van der Waals surface area contributed by atoms with Gasteiger partial charge in [0.1, 0.15) is 0 Å². The summed E-state index contributed by atoms with van der Waals surface area (Å²) in [4.78, 5) is 12.1. The lowest BCUT2D eigenvalue weighted by Crippen LogP contribution is -2.24. The van der Waals surface area contributed by atoms with Gasteiger partial charge in [-0.1, -0.05) is 30.3 Å². The molecule has 1 atom stereocenters. The molecule has 0 aliphatic heterocycles. The van der Waals surface area contributed by atoms with E-state index in [0.29, 0.717) is 13.0 Å². The van der Waals surface area contributed by atoms with Gasteiger partial charge >= 0.3 is 5.97 Å². The molecule has 0 aliphatic rings. The van der Waals surface area contributed by atoms with E-state index in [-0.39, 0.29) is 0 Å². The highest BCUT2D eigenvalue weighted by Crippen LogP contribution is 2.24. The van der Waals surface area contributed by atoms with E-state index in [0.717, 1.165) is 10.6 Å². The number of carboxylic acid groups (broad SMARTS) is 1. The molecule has 0 fully saturated rings. The molecule has 1 unspecified atom stereocenters. The molecule has 0 saturated carbocycles. The molecule has 2 rings (SSSR count). The number of ether oxygens (including phenoxy) is 1. The van der Waals surface area contributed by atoms with E-state index in [1.165, 1.54) is 10.8 Å². The Morgan fingerprint density at radius 3 is 2.70 bits per heavy atom. The van der Waals surface area contributed by atoms with Crippen LogP contribution < -0.4 is 0 Å². The van der Waals surface area contributed by atoms with Gasteiger partial charge in [-0.25, -0.2) is 4.79 Å². The average Bonchev–Trinajstić information content (AvgIpc) is 2.46. The van der Waals surface area contributed by atoms with Crippen molar-refractivity contribution >= 4 is 28.5 Å². The van der Waals surface area contributed by atoms with Crippen LogP contribution in [0.5, 0.6) is 0 Å². The summed E-state index contributed by atoms with van der Waals surface area (Å²) < 4.78 is 5.20. The van der Waals surface area contributed by atoms with E-state index in [2.05, 4.69) is 30.3 Å². The molecule has 0 bridgehead atoms. The van der Waals surface area contributed by atoms with E-state index in [4.69, 9.17) is 9.84 Å².